The van der Waals surface area contributed by atoms with Gasteiger partial charge in [0.2, 0.25) is 0 Å². The van der Waals surface area contributed by atoms with Gasteiger partial charge in [0.1, 0.15) is 23.4 Å². The van der Waals surface area contributed by atoms with Crippen LogP contribution in [-0.4, -0.2) is 56.5 Å². The van der Waals surface area contributed by atoms with Gasteiger partial charge in [0.05, 0.1) is 30.9 Å². The minimum Gasteiger partial charge on any atom is -0.462 e. The summed E-state index contributed by atoms with van der Waals surface area (Å²) in [7, 11) is 0. The first-order valence-corrected chi connectivity index (χ1v) is 13.4. The molecular formula is C29H33ClFN3O5. The molecule has 1 saturated heterocycles. The number of halogens is 2. The number of nitrogens with zero attached hydrogens (tertiary/aromatic N) is 2. The van der Waals surface area contributed by atoms with Crippen molar-refractivity contribution in [1.29, 1.82) is 0 Å². The van der Waals surface area contributed by atoms with E-state index in [1.165, 1.54) is 12.1 Å². The third-order valence-corrected chi connectivity index (χ3v) is 6.98. The summed E-state index contributed by atoms with van der Waals surface area (Å²) in [4.78, 5) is 30.1. The van der Waals surface area contributed by atoms with E-state index in [2.05, 4.69) is 5.32 Å². The van der Waals surface area contributed by atoms with E-state index in [4.69, 9.17) is 21.3 Å². The molecule has 1 unspecified atom stereocenters. The van der Waals surface area contributed by atoms with Crippen molar-refractivity contribution in [2.45, 2.75) is 70.2 Å². The Balaban J connectivity index is 1.65. The second-order valence-electron chi connectivity index (χ2n) is 10.2. The highest BCUT2D eigenvalue weighted by molar-refractivity contribution is 6.30. The molecule has 2 heterocycles. The summed E-state index contributed by atoms with van der Waals surface area (Å²) in [5.74, 6) is -0.910. The number of carbonyl (C=O) groups is 2. The van der Waals surface area contributed by atoms with E-state index in [1.807, 2.05) is 30.5 Å². The lowest BCUT2D eigenvalue weighted by Gasteiger charge is -2.26. The highest BCUT2D eigenvalue weighted by Crippen LogP contribution is 2.30. The van der Waals surface area contributed by atoms with Crippen molar-refractivity contribution in [3.8, 4) is 11.4 Å². The lowest BCUT2D eigenvalue weighted by Crippen LogP contribution is -2.39. The Labute approximate surface area is 231 Å². The normalized spacial score (nSPS) is 18.2. The van der Waals surface area contributed by atoms with Crippen molar-refractivity contribution in [3.05, 3.63) is 76.3 Å². The van der Waals surface area contributed by atoms with Gasteiger partial charge in [-0.1, -0.05) is 37.6 Å². The molecule has 1 aromatic heterocycles. The molecule has 2 aromatic carbocycles. The van der Waals surface area contributed by atoms with Crippen LogP contribution in [0.15, 0.2) is 48.5 Å². The number of benzene rings is 2. The number of cyclic esters (lactones) is 1. The van der Waals surface area contributed by atoms with Crippen LogP contribution in [0.2, 0.25) is 5.02 Å². The molecule has 0 radical (unpaired) electrons. The summed E-state index contributed by atoms with van der Waals surface area (Å²) < 4.78 is 21.0. The van der Waals surface area contributed by atoms with Crippen molar-refractivity contribution in [2.24, 2.45) is 0 Å². The molecule has 1 aliphatic heterocycles. The maximum atomic E-state index is 13.7. The lowest BCUT2D eigenvalue weighted by molar-refractivity contribution is -0.160. The van der Waals surface area contributed by atoms with Crippen molar-refractivity contribution < 1.29 is 28.9 Å². The second kappa shape index (κ2) is 12.7. The van der Waals surface area contributed by atoms with Crippen LogP contribution in [0.25, 0.3) is 11.4 Å². The predicted molar refractivity (Wildman–Crippen MR) is 145 cm³/mol. The molecule has 0 saturated carbocycles. The molecule has 0 aliphatic carbocycles. The smallest absolute Gasteiger partial charge is 0.308 e. The summed E-state index contributed by atoms with van der Waals surface area (Å²) in [5, 5.41) is 23.5. The molecule has 10 heteroatoms. The van der Waals surface area contributed by atoms with E-state index in [-0.39, 0.29) is 24.6 Å². The number of ether oxygens (including phenoxy) is 1. The zero-order valence-electron chi connectivity index (χ0n) is 21.9. The maximum Gasteiger partial charge on any atom is 0.308 e. The SMILES string of the molecule is CC(C)c1c(C(=O)NC(CO)Cc2ccc(Cl)cc2)nc(-c2ccc(F)cc2)n1CC[C@@H]1C[C@@H](O)CC(=O)O1. The van der Waals surface area contributed by atoms with Crippen LogP contribution in [0, 0.1) is 5.82 Å². The Hall–Kier alpha value is -3.27. The van der Waals surface area contributed by atoms with Gasteiger partial charge in [-0.2, -0.15) is 0 Å². The molecule has 1 aliphatic rings. The number of nitrogens with one attached hydrogen (secondary N) is 1. The monoisotopic (exact) mass is 557 g/mol. The topological polar surface area (TPSA) is 114 Å². The van der Waals surface area contributed by atoms with E-state index in [1.54, 1.807) is 24.3 Å². The number of aromatic nitrogens is 2. The summed E-state index contributed by atoms with van der Waals surface area (Å²) in [6.07, 6.45) is -0.106. The number of aliphatic hydroxyl groups excluding tert-OH is 2. The number of hydrogen-bond acceptors (Lipinski definition) is 6. The number of aliphatic hydroxyl groups is 2. The van der Waals surface area contributed by atoms with Gasteiger partial charge >= 0.3 is 5.97 Å². The summed E-state index contributed by atoms with van der Waals surface area (Å²) in [6, 6.07) is 12.5. The molecule has 3 aromatic rings. The Kier molecular flexibility index (Phi) is 9.37. The standard InChI is InChI=1S/C29H33ClFN3O5/c1-17(2)27-26(29(38)32-22(16-35)13-18-3-7-20(30)8-4-18)33-28(19-5-9-21(31)10-6-19)34(27)12-11-24-14-23(36)15-25(37)39-24/h3-10,17,22-24,35-36H,11-16H2,1-2H3,(H,32,38)/t22?,23-,24-/m1/s1. The number of hydrogen-bond donors (Lipinski definition) is 3. The van der Waals surface area contributed by atoms with E-state index in [9.17, 15) is 24.2 Å². The third kappa shape index (κ3) is 7.23. The Bertz CT molecular complexity index is 1290. The van der Waals surface area contributed by atoms with E-state index < -0.39 is 35.9 Å². The van der Waals surface area contributed by atoms with Crippen LogP contribution >= 0.6 is 11.6 Å². The van der Waals surface area contributed by atoms with Crippen molar-refractivity contribution in [2.75, 3.05) is 6.61 Å². The molecule has 0 spiro atoms. The van der Waals surface area contributed by atoms with Gasteiger partial charge in [-0.15, -0.1) is 0 Å². The minimum atomic E-state index is -0.752. The number of carbonyl (C=O) groups excluding carboxylic acids is 2. The van der Waals surface area contributed by atoms with E-state index in [0.717, 1.165) is 5.56 Å². The molecule has 1 amide bonds. The number of rotatable bonds is 10. The molecule has 39 heavy (non-hydrogen) atoms. The van der Waals surface area contributed by atoms with Crippen LogP contribution in [0.4, 0.5) is 4.39 Å². The van der Waals surface area contributed by atoms with Gasteiger partial charge in [-0.3, -0.25) is 9.59 Å². The maximum absolute atomic E-state index is 13.7. The van der Waals surface area contributed by atoms with Gasteiger partial charge in [-0.25, -0.2) is 9.37 Å². The molecule has 8 nitrogen and oxygen atoms in total. The first-order chi connectivity index (χ1) is 18.6. The summed E-state index contributed by atoms with van der Waals surface area (Å²) in [5.41, 5.74) is 2.40. The first kappa shape index (κ1) is 28.7. The quantitative estimate of drug-likeness (QED) is 0.321. The third-order valence-electron chi connectivity index (χ3n) is 6.73. The van der Waals surface area contributed by atoms with Crippen LogP contribution < -0.4 is 5.32 Å². The minimum absolute atomic E-state index is 0.0218. The fourth-order valence-electron chi connectivity index (χ4n) is 4.89. The molecule has 4 rings (SSSR count). The average molecular weight is 558 g/mol. The average Bonchev–Trinajstić information content (AvgIpc) is 3.28. The highest BCUT2D eigenvalue weighted by atomic mass is 35.5. The van der Waals surface area contributed by atoms with Gasteiger partial charge in [0, 0.05) is 30.0 Å². The zero-order valence-corrected chi connectivity index (χ0v) is 22.7. The number of esters is 1. The molecule has 208 valence electrons. The number of imidazole rings is 1. The summed E-state index contributed by atoms with van der Waals surface area (Å²) in [6.45, 7) is 3.98. The molecule has 3 N–H and O–H groups in total. The molecule has 0 bridgehead atoms. The number of amides is 1. The van der Waals surface area contributed by atoms with Crippen molar-refractivity contribution >= 4 is 23.5 Å². The zero-order chi connectivity index (χ0) is 28.1. The second-order valence-corrected chi connectivity index (χ2v) is 10.6. The van der Waals surface area contributed by atoms with Gasteiger partial charge in [0.25, 0.3) is 5.91 Å². The van der Waals surface area contributed by atoms with Crippen molar-refractivity contribution in [1.82, 2.24) is 14.9 Å². The van der Waals surface area contributed by atoms with Crippen LogP contribution in [0.5, 0.6) is 0 Å². The fourth-order valence-corrected chi connectivity index (χ4v) is 5.02. The van der Waals surface area contributed by atoms with Crippen LogP contribution in [0.3, 0.4) is 0 Å². The lowest BCUT2D eigenvalue weighted by atomic mass is 10.0. The van der Waals surface area contributed by atoms with Crippen LogP contribution in [0.1, 0.15) is 60.8 Å². The van der Waals surface area contributed by atoms with E-state index >= 15 is 0 Å². The Morgan fingerprint density at radius 2 is 1.90 bits per heavy atom. The summed E-state index contributed by atoms with van der Waals surface area (Å²) >= 11 is 5.97. The predicted octanol–water partition coefficient (Wildman–Crippen LogP) is 4.26. The molecule has 1 fully saturated rings. The van der Waals surface area contributed by atoms with Crippen molar-refractivity contribution in [3.63, 3.8) is 0 Å². The van der Waals surface area contributed by atoms with E-state index in [0.29, 0.717) is 47.9 Å². The largest absolute Gasteiger partial charge is 0.462 e. The van der Waals surface area contributed by atoms with Gasteiger partial charge in [-0.05, 0) is 54.3 Å². The van der Waals surface area contributed by atoms with Gasteiger partial charge in [0.15, 0.2) is 0 Å². The first-order valence-electron chi connectivity index (χ1n) is 13.0. The fraction of sp³-hybridized carbons (Fsp3) is 0.414. The molecular weight excluding hydrogens is 525 g/mol. The molecule has 3 atom stereocenters. The Morgan fingerprint density at radius 3 is 2.51 bits per heavy atom. The van der Waals surface area contributed by atoms with Crippen LogP contribution in [-0.2, 0) is 22.5 Å². The highest BCUT2D eigenvalue weighted by Gasteiger charge is 2.30. The van der Waals surface area contributed by atoms with Gasteiger partial charge < -0.3 is 24.8 Å². The Morgan fingerprint density at radius 1 is 1.21 bits per heavy atom.